The molecule has 0 saturated heterocycles. The van der Waals surface area contributed by atoms with Gasteiger partial charge in [0.05, 0.1) is 5.02 Å². The zero-order valence-electron chi connectivity index (χ0n) is 8.02. The van der Waals surface area contributed by atoms with E-state index in [4.69, 9.17) is 34.8 Å². The van der Waals surface area contributed by atoms with Crippen molar-refractivity contribution in [2.75, 3.05) is 0 Å². The Morgan fingerprint density at radius 1 is 1.06 bits per heavy atom. The number of hydrogen-bond acceptors (Lipinski definition) is 2. The average molecular weight is 356 g/mol. The van der Waals surface area contributed by atoms with E-state index >= 15 is 0 Å². The molecule has 0 unspecified atom stereocenters. The van der Waals surface area contributed by atoms with E-state index in [1.165, 1.54) is 12.1 Å². The van der Waals surface area contributed by atoms with Crippen LogP contribution in [-0.2, 0) is 0 Å². The van der Waals surface area contributed by atoms with Crippen LogP contribution < -0.4 is 0 Å². The third-order valence-electron chi connectivity index (χ3n) is 2.04. The van der Waals surface area contributed by atoms with Gasteiger partial charge >= 0.3 is 0 Å². The Morgan fingerprint density at radius 2 is 1.76 bits per heavy atom. The highest BCUT2D eigenvalue weighted by Crippen LogP contribution is 2.35. The summed E-state index contributed by atoms with van der Waals surface area (Å²) in [5.74, 6) is -0.591. The molecule has 0 aliphatic heterocycles. The molecule has 0 N–H and O–H groups in total. The first-order valence-corrected chi connectivity index (χ1v) is 6.26. The second kappa shape index (κ2) is 5.06. The summed E-state index contributed by atoms with van der Waals surface area (Å²) in [6, 6.07) is 4.58. The van der Waals surface area contributed by atoms with Crippen LogP contribution in [0.3, 0.4) is 0 Å². The van der Waals surface area contributed by atoms with Crippen molar-refractivity contribution in [3.8, 4) is 11.1 Å². The third-order valence-corrected chi connectivity index (χ3v) is 3.77. The van der Waals surface area contributed by atoms with E-state index in [0.29, 0.717) is 10.0 Å². The first kappa shape index (κ1) is 13.0. The number of aromatic nitrogens is 2. The smallest absolute Gasteiger partial charge is 0.159 e. The summed E-state index contributed by atoms with van der Waals surface area (Å²) in [4.78, 5) is 0. The molecule has 0 aliphatic carbocycles. The van der Waals surface area contributed by atoms with E-state index in [-0.39, 0.29) is 20.9 Å². The number of hydrogen-bond donors (Lipinski definition) is 0. The van der Waals surface area contributed by atoms with Crippen LogP contribution in [0.4, 0.5) is 4.39 Å². The second-order valence-electron chi connectivity index (χ2n) is 3.09. The normalized spacial score (nSPS) is 10.6. The van der Waals surface area contributed by atoms with E-state index in [0.717, 1.165) is 0 Å². The molecule has 1 aromatic heterocycles. The first-order valence-electron chi connectivity index (χ1n) is 4.33. The molecule has 0 saturated carbocycles. The Hall–Kier alpha value is -0.420. The van der Waals surface area contributed by atoms with Gasteiger partial charge in [0, 0.05) is 15.6 Å². The predicted molar refractivity (Wildman–Crippen MR) is 70.2 cm³/mol. The Kier molecular flexibility index (Phi) is 3.88. The van der Waals surface area contributed by atoms with Gasteiger partial charge < -0.3 is 0 Å². The highest BCUT2D eigenvalue weighted by molar-refractivity contribution is 9.10. The highest BCUT2D eigenvalue weighted by Gasteiger charge is 2.15. The van der Waals surface area contributed by atoms with E-state index in [9.17, 15) is 4.39 Å². The molecule has 2 nitrogen and oxygen atoms in total. The lowest BCUT2D eigenvalue weighted by Crippen LogP contribution is -1.92. The summed E-state index contributed by atoms with van der Waals surface area (Å²) in [6.45, 7) is 0. The van der Waals surface area contributed by atoms with Crippen LogP contribution in [0.2, 0.25) is 15.3 Å². The van der Waals surface area contributed by atoms with Crippen LogP contribution in [0.15, 0.2) is 22.7 Å². The molecule has 0 atom stereocenters. The lowest BCUT2D eigenvalue weighted by Gasteiger charge is -2.07. The minimum Gasteiger partial charge on any atom is -0.205 e. The van der Waals surface area contributed by atoms with Gasteiger partial charge in [0.25, 0.3) is 0 Å². The van der Waals surface area contributed by atoms with Crippen molar-refractivity contribution in [1.82, 2.24) is 10.2 Å². The van der Waals surface area contributed by atoms with Crippen LogP contribution in [0.5, 0.6) is 0 Å². The Bertz CT molecular complexity index is 592. The van der Waals surface area contributed by atoms with Crippen molar-refractivity contribution < 1.29 is 4.39 Å². The van der Waals surface area contributed by atoms with Gasteiger partial charge in [0.15, 0.2) is 16.1 Å². The van der Waals surface area contributed by atoms with Crippen LogP contribution in [0.25, 0.3) is 11.1 Å². The maximum absolute atomic E-state index is 13.9. The maximum Gasteiger partial charge on any atom is 0.159 e. The molecule has 17 heavy (non-hydrogen) atoms. The van der Waals surface area contributed by atoms with Gasteiger partial charge in [-0.1, -0.05) is 40.9 Å². The van der Waals surface area contributed by atoms with Crippen molar-refractivity contribution in [2.24, 2.45) is 0 Å². The fourth-order valence-electron chi connectivity index (χ4n) is 1.28. The first-order chi connectivity index (χ1) is 8.00. The molecule has 7 heteroatoms. The minimum atomic E-state index is -0.591. The van der Waals surface area contributed by atoms with Gasteiger partial charge in [-0.05, 0) is 28.1 Å². The molecule has 2 rings (SSSR count). The molecule has 0 fully saturated rings. The summed E-state index contributed by atoms with van der Waals surface area (Å²) >= 11 is 20.5. The SMILES string of the molecule is Fc1c(-c2cc(Cl)nnc2Cl)ccc(Br)c1Cl. The summed E-state index contributed by atoms with van der Waals surface area (Å²) < 4.78 is 14.4. The fraction of sp³-hybridized carbons (Fsp3) is 0. The van der Waals surface area contributed by atoms with Gasteiger partial charge in [0.1, 0.15) is 0 Å². The predicted octanol–water partition coefficient (Wildman–Crippen LogP) is 5.01. The molecule has 88 valence electrons. The molecule has 0 radical (unpaired) electrons. The van der Waals surface area contributed by atoms with E-state index in [2.05, 4.69) is 26.1 Å². The van der Waals surface area contributed by atoms with Crippen molar-refractivity contribution in [1.29, 1.82) is 0 Å². The topological polar surface area (TPSA) is 25.8 Å². The van der Waals surface area contributed by atoms with Crippen molar-refractivity contribution >= 4 is 50.7 Å². The van der Waals surface area contributed by atoms with E-state index in [1.807, 2.05) is 0 Å². The lowest BCUT2D eigenvalue weighted by molar-refractivity contribution is 0.631. The molecular weight excluding hydrogens is 353 g/mol. The summed E-state index contributed by atoms with van der Waals surface area (Å²) in [7, 11) is 0. The zero-order valence-corrected chi connectivity index (χ0v) is 11.9. The van der Waals surface area contributed by atoms with Crippen molar-refractivity contribution in [3.63, 3.8) is 0 Å². The van der Waals surface area contributed by atoms with Gasteiger partial charge in [-0.15, -0.1) is 10.2 Å². The summed E-state index contributed by atoms with van der Waals surface area (Å²) in [6.07, 6.45) is 0. The number of benzene rings is 1. The van der Waals surface area contributed by atoms with E-state index in [1.54, 1.807) is 6.07 Å². The van der Waals surface area contributed by atoms with Crippen LogP contribution >= 0.6 is 50.7 Å². The van der Waals surface area contributed by atoms with Crippen molar-refractivity contribution in [2.45, 2.75) is 0 Å². The second-order valence-corrected chi connectivity index (χ2v) is 5.07. The maximum atomic E-state index is 13.9. The number of rotatable bonds is 1. The van der Waals surface area contributed by atoms with Crippen LogP contribution in [-0.4, -0.2) is 10.2 Å². The summed E-state index contributed by atoms with van der Waals surface area (Å²) in [5, 5.41) is 7.33. The molecule has 1 heterocycles. The fourth-order valence-corrected chi connectivity index (χ4v) is 2.09. The van der Waals surface area contributed by atoms with Crippen LogP contribution in [0.1, 0.15) is 0 Å². The Labute approximate surface area is 120 Å². The largest absolute Gasteiger partial charge is 0.205 e. The van der Waals surface area contributed by atoms with Crippen molar-refractivity contribution in [3.05, 3.63) is 43.8 Å². The standard InChI is InChI=1S/C10H3BrCl3FN2/c11-6-2-1-4(9(15)8(6)13)5-3-7(12)16-17-10(5)14/h1-3H. The monoisotopic (exact) mass is 354 g/mol. The van der Waals surface area contributed by atoms with Gasteiger partial charge in [-0.2, -0.15) is 0 Å². The molecule has 1 aromatic carbocycles. The van der Waals surface area contributed by atoms with Gasteiger partial charge in [-0.3, -0.25) is 0 Å². The molecule has 2 aromatic rings. The van der Waals surface area contributed by atoms with Gasteiger partial charge in [0.2, 0.25) is 0 Å². The molecule has 0 aliphatic rings. The zero-order chi connectivity index (χ0) is 12.6. The summed E-state index contributed by atoms with van der Waals surface area (Å²) in [5.41, 5.74) is 0.568. The lowest BCUT2D eigenvalue weighted by atomic mass is 10.1. The Morgan fingerprint density at radius 3 is 2.47 bits per heavy atom. The minimum absolute atomic E-state index is 0.0218. The molecule has 0 amide bonds. The van der Waals surface area contributed by atoms with Gasteiger partial charge in [-0.25, -0.2) is 4.39 Å². The molecule has 0 bridgehead atoms. The molecular formula is C10H3BrCl3FN2. The van der Waals surface area contributed by atoms with E-state index < -0.39 is 5.82 Å². The number of halogens is 5. The number of nitrogens with zero attached hydrogens (tertiary/aromatic N) is 2. The Balaban J connectivity index is 2.69. The van der Waals surface area contributed by atoms with Crippen LogP contribution in [0, 0.1) is 5.82 Å². The third kappa shape index (κ3) is 2.55. The quantitative estimate of drug-likeness (QED) is 0.672. The molecule has 0 spiro atoms. The highest BCUT2D eigenvalue weighted by atomic mass is 79.9. The average Bonchev–Trinajstić information content (AvgIpc) is 2.30.